The summed E-state index contributed by atoms with van der Waals surface area (Å²) in [4.78, 5) is 72.0. The molecular weight excluding hydrogens is 1040 g/mol. The van der Waals surface area contributed by atoms with Crippen LogP contribution in [0.5, 0.6) is 5.75 Å². The summed E-state index contributed by atoms with van der Waals surface area (Å²) in [5, 5.41) is 18.1. The van der Waals surface area contributed by atoms with Gasteiger partial charge in [-0.1, -0.05) is 162 Å². The molecule has 15 nitrogen and oxygen atoms in total. The molecule has 7 rings (SSSR count). The average Bonchev–Trinajstić information content (AvgIpc) is 4.23. The van der Waals surface area contributed by atoms with Gasteiger partial charge < -0.3 is 43.9 Å². The maximum absolute atomic E-state index is 14.4. The van der Waals surface area contributed by atoms with Crippen LogP contribution in [-0.4, -0.2) is 121 Å². The normalized spacial score (nSPS) is 25.6. The van der Waals surface area contributed by atoms with Gasteiger partial charge in [0.1, 0.15) is 46.3 Å². The number of carbonyl (C=O) groups excluding carboxylic acids is 5. The molecule has 4 bridgehead atoms. The molecule has 2 fully saturated rings. The van der Waals surface area contributed by atoms with Gasteiger partial charge in [0.25, 0.3) is 0 Å². The number of nitrogens with one attached hydrogen (secondary N) is 2. The number of ether oxygens (including phenoxy) is 5. The molecule has 4 aromatic carbocycles. The van der Waals surface area contributed by atoms with Gasteiger partial charge in [0.15, 0.2) is 5.72 Å². The zero-order chi connectivity index (χ0) is 55.7. The molecule has 3 aliphatic heterocycles. The molecule has 3 aliphatic rings. The summed E-state index contributed by atoms with van der Waals surface area (Å²) in [6.45, 7) is 9.06. The summed E-state index contributed by atoms with van der Waals surface area (Å²) in [7, 11) is 9.15. The van der Waals surface area contributed by atoms with Gasteiger partial charge in [0, 0.05) is 57.4 Å². The van der Waals surface area contributed by atoms with E-state index in [4.69, 9.17) is 35.3 Å². The Morgan fingerprint density at radius 1 is 0.974 bits per heavy atom. The van der Waals surface area contributed by atoms with Gasteiger partial charge in [0.05, 0.1) is 25.3 Å². The third-order valence-corrected chi connectivity index (χ3v) is 18.2. The minimum absolute atomic E-state index is 0.0748. The minimum atomic E-state index is -1.86. The lowest BCUT2D eigenvalue weighted by Crippen LogP contribution is -2.63. The van der Waals surface area contributed by atoms with Crippen molar-refractivity contribution in [2.24, 2.45) is 5.92 Å². The van der Waals surface area contributed by atoms with Crippen LogP contribution in [0.15, 0.2) is 127 Å². The van der Waals surface area contributed by atoms with Crippen molar-refractivity contribution < 1.29 is 52.8 Å². The van der Waals surface area contributed by atoms with Crippen molar-refractivity contribution in [1.29, 1.82) is 0 Å². The van der Waals surface area contributed by atoms with Gasteiger partial charge in [-0.2, -0.15) is 0 Å². The second-order valence-corrected chi connectivity index (χ2v) is 23.6. The highest BCUT2D eigenvalue weighted by Crippen LogP contribution is 2.49. The number of hydrogen-bond acceptors (Lipinski definition) is 13. The number of halogens is 1. The number of aliphatic hydroxyl groups is 1. The molecule has 9 atom stereocenters. The van der Waals surface area contributed by atoms with Crippen LogP contribution in [0.4, 0.5) is 10.5 Å². The summed E-state index contributed by atoms with van der Waals surface area (Å²) in [5.74, 6) is -1.35. The summed E-state index contributed by atoms with van der Waals surface area (Å²) in [6, 6.07) is 32.5. The number of hydrogen-bond donors (Lipinski definition) is 3. The van der Waals surface area contributed by atoms with Crippen molar-refractivity contribution >= 4 is 68.7 Å². The van der Waals surface area contributed by atoms with Gasteiger partial charge in [-0.15, -0.1) is 0 Å². The summed E-state index contributed by atoms with van der Waals surface area (Å²) in [5.41, 5.74) is 0.880. The standard InChI is InChI=1S/C59H71ClN4O11S2/c1-37-20-19-27-48(72-9)58(70)36-47(73-56(69)62-58)39(3)54-57(5,75-54)49(35-52(67)64(7)45-33-41(32-37)34-46(71-8)53(45)60)74-55(68)40(4)63(6)51(66)30-31-76-77-38(2)28-29-50(65)61-59(42-21-13-10-14-22-42,43-23-15-11-16-24-43)44-25-17-12-18-26-44/h10-27,33-34,38-40,47-49,54,70H,28-32,35-36H2,1-9H3,(H,61,65)(H,62,69)/b27-19+,37-20+/t38?,39-,40+,47+,48-,49+,54+,57+,58+/m1/s1. The number of carbonyl (C=O) groups is 5. The fourth-order valence-corrected chi connectivity index (χ4v) is 12.8. The monoisotopic (exact) mass is 1110 g/mol. The molecule has 77 heavy (non-hydrogen) atoms. The van der Waals surface area contributed by atoms with E-state index in [0.717, 1.165) is 27.8 Å². The lowest BCUT2D eigenvalue weighted by molar-refractivity contribution is -0.162. The molecular formula is C59H71ClN4O11S2. The van der Waals surface area contributed by atoms with Crippen molar-refractivity contribution in [3.63, 3.8) is 0 Å². The smallest absolute Gasteiger partial charge is 0.409 e. The first-order valence-electron chi connectivity index (χ1n) is 25.8. The predicted molar refractivity (Wildman–Crippen MR) is 302 cm³/mol. The maximum Gasteiger partial charge on any atom is 0.409 e. The zero-order valence-corrected chi connectivity index (χ0v) is 47.5. The molecule has 0 aromatic heterocycles. The van der Waals surface area contributed by atoms with Gasteiger partial charge in [-0.3, -0.25) is 19.7 Å². The Bertz CT molecular complexity index is 2690. The molecule has 0 saturated carbocycles. The Balaban J connectivity index is 0.998. The van der Waals surface area contributed by atoms with Crippen LogP contribution < -0.4 is 20.3 Å². The number of methoxy groups -OCH3 is 2. The van der Waals surface area contributed by atoms with Crippen LogP contribution >= 0.6 is 33.2 Å². The Morgan fingerprint density at radius 2 is 1.58 bits per heavy atom. The average molecular weight is 1110 g/mol. The predicted octanol–water partition coefficient (Wildman–Crippen LogP) is 9.56. The molecule has 2 saturated heterocycles. The van der Waals surface area contributed by atoms with Gasteiger partial charge in [-0.05, 0) is 68.0 Å². The van der Waals surface area contributed by atoms with Crippen LogP contribution in [0, 0.1) is 5.92 Å². The minimum Gasteiger partial charge on any atom is -0.495 e. The molecule has 18 heteroatoms. The number of alkyl carbamates (subject to hydrolysis) is 1. The van der Waals surface area contributed by atoms with E-state index in [-0.39, 0.29) is 47.8 Å². The van der Waals surface area contributed by atoms with Crippen molar-refractivity contribution in [2.75, 3.05) is 39.0 Å². The van der Waals surface area contributed by atoms with E-state index in [0.29, 0.717) is 30.0 Å². The van der Waals surface area contributed by atoms with Crippen LogP contribution in [0.25, 0.3) is 0 Å². The highest BCUT2D eigenvalue weighted by atomic mass is 35.5. The SMILES string of the molecule is COc1cc2cc(c1Cl)N(C)C(=O)C[C@H](OC(=O)[C@H](C)N(C)C(=O)CCSSC(C)CCC(=O)NC(c1ccccc1)(c1ccccc1)c1ccccc1)[C@]1(C)O[C@H]1[C@H](C)[C@@H]1C[C@@](O)(NC(=O)O1)[C@H](OC)/C=C/C=C(\C)C2. The molecule has 3 heterocycles. The van der Waals surface area contributed by atoms with Crippen molar-refractivity contribution in [3.8, 4) is 5.75 Å². The number of amides is 4. The topological polar surface area (TPSA) is 186 Å². The number of likely N-dealkylation sites (N-methyl/N-ethyl adjacent to an activating group) is 1. The number of rotatable bonds is 17. The highest BCUT2D eigenvalue weighted by molar-refractivity contribution is 8.76. The fourth-order valence-electron chi connectivity index (χ4n) is 10.1. The van der Waals surface area contributed by atoms with Crippen molar-refractivity contribution in [3.05, 3.63) is 154 Å². The van der Waals surface area contributed by atoms with E-state index in [1.807, 2.05) is 104 Å². The molecule has 3 N–H and O–H groups in total. The number of fused-ring (bicyclic) bond motifs is 5. The summed E-state index contributed by atoms with van der Waals surface area (Å²) in [6.07, 6.45) is 1.69. The van der Waals surface area contributed by atoms with E-state index >= 15 is 0 Å². The number of anilines is 1. The van der Waals surface area contributed by atoms with E-state index < -0.39 is 71.2 Å². The van der Waals surface area contributed by atoms with Crippen molar-refractivity contribution in [1.82, 2.24) is 15.5 Å². The van der Waals surface area contributed by atoms with Gasteiger partial charge in [-0.25, -0.2) is 9.59 Å². The van der Waals surface area contributed by atoms with Crippen LogP contribution in [0.2, 0.25) is 5.02 Å². The molecule has 1 unspecified atom stereocenters. The van der Waals surface area contributed by atoms with Gasteiger partial charge in [0.2, 0.25) is 17.7 Å². The van der Waals surface area contributed by atoms with Crippen LogP contribution in [0.1, 0.15) is 89.0 Å². The van der Waals surface area contributed by atoms with Gasteiger partial charge >= 0.3 is 12.1 Å². The Morgan fingerprint density at radius 3 is 2.17 bits per heavy atom. The molecule has 0 aliphatic carbocycles. The number of allylic oxidation sites excluding steroid dienone is 3. The number of epoxide rings is 1. The maximum atomic E-state index is 14.4. The number of benzene rings is 4. The quantitative estimate of drug-likeness (QED) is 0.0299. The molecule has 4 amide bonds. The lowest BCUT2D eigenvalue weighted by Gasteiger charge is -2.42. The Hall–Kier alpha value is -5.82. The fraction of sp³-hybridized carbons (Fsp3) is 0.441. The van der Waals surface area contributed by atoms with E-state index in [9.17, 15) is 29.1 Å². The Kier molecular flexibility index (Phi) is 19.7. The van der Waals surface area contributed by atoms with E-state index in [1.54, 1.807) is 62.9 Å². The Labute approximate surface area is 465 Å². The molecule has 0 spiro atoms. The summed E-state index contributed by atoms with van der Waals surface area (Å²) >= 11 is 6.85. The number of nitrogens with zero attached hydrogens (tertiary/aromatic N) is 2. The van der Waals surface area contributed by atoms with Crippen LogP contribution in [-0.2, 0) is 50.1 Å². The van der Waals surface area contributed by atoms with E-state index in [1.165, 1.54) is 41.9 Å². The zero-order valence-electron chi connectivity index (χ0n) is 45.2. The largest absolute Gasteiger partial charge is 0.495 e. The van der Waals surface area contributed by atoms with Crippen LogP contribution in [0.3, 0.4) is 0 Å². The second kappa shape index (κ2) is 25.8. The third-order valence-electron chi connectivity index (χ3n) is 14.9. The second-order valence-electron chi connectivity index (χ2n) is 20.3. The first-order chi connectivity index (χ1) is 36.7. The first kappa shape index (κ1) is 58.9. The third kappa shape index (κ3) is 13.7. The molecule has 4 aromatic rings. The first-order valence-corrected chi connectivity index (χ1v) is 28.6. The highest BCUT2D eigenvalue weighted by Gasteiger charge is 2.64. The molecule has 412 valence electrons. The number of esters is 1. The molecule has 0 radical (unpaired) electrons. The lowest BCUT2D eigenvalue weighted by atomic mass is 9.77. The summed E-state index contributed by atoms with van der Waals surface area (Å²) < 4.78 is 29.6. The van der Waals surface area contributed by atoms with Crippen molar-refractivity contribution in [2.45, 2.75) is 126 Å². The van der Waals surface area contributed by atoms with E-state index in [2.05, 4.69) is 17.6 Å².